The lowest BCUT2D eigenvalue weighted by atomic mass is 10.2. The van der Waals surface area contributed by atoms with E-state index in [0.717, 1.165) is 6.04 Å². The minimum absolute atomic E-state index is 0.742. The summed E-state index contributed by atoms with van der Waals surface area (Å²) in [5.74, 6) is 0. The first-order valence-corrected chi connectivity index (χ1v) is 5.32. The van der Waals surface area contributed by atoms with Gasteiger partial charge in [-0.05, 0) is 18.6 Å². The number of fused-ring (bicyclic) bond motifs is 2. The standard InChI is InChI=1S/C11H15N3/c1-4-12-5-2-10(1)14-8-7-13-6-3-11(14)9-13/h1-2,4-5,11H,3,6-9H2. The van der Waals surface area contributed by atoms with Gasteiger partial charge in [-0.2, -0.15) is 0 Å². The van der Waals surface area contributed by atoms with Crippen LogP contribution < -0.4 is 4.90 Å². The van der Waals surface area contributed by atoms with Gasteiger partial charge in [-0.1, -0.05) is 0 Å². The van der Waals surface area contributed by atoms with Crippen LogP contribution in [0.3, 0.4) is 0 Å². The molecule has 3 rings (SSSR count). The van der Waals surface area contributed by atoms with Crippen LogP contribution in [0.25, 0.3) is 0 Å². The molecule has 0 N–H and O–H groups in total. The van der Waals surface area contributed by atoms with Gasteiger partial charge >= 0.3 is 0 Å². The monoisotopic (exact) mass is 189 g/mol. The fourth-order valence-electron chi connectivity index (χ4n) is 2.58. The minimum atomic E-state index is 0.742. The average molecular weight is 189 g/mol. The second-order valence-corrected chi connectivity index (χ2v) is 4.14. The van der Waals surface area contributed by atoms with Crippen molar-refractivity contribution in [2.75, 3.05) is 31.1 Å². The Kier molecular flexibility index (Phi) is 1.91. The van der Waals surface area contributed by atoms with Gasteiger partial charge in [-0.25, -0.2) is 0 Å². The lowest BCUT2D eigenvalue weighted by Crippen LogP contribution is -2.46. The van der Waals surface area contributed by atoms with Gasteiger partial charge < -0.3 is 4.90 Å². The van der Waals surface area contributed by atoms with Crippen molar-refractivity contribution in [2.24, 2.45) is 0 Å². The highest BCUT2D eigenvalue weighted by atomic mass is 15.3. The van der Waals surface area contributed by atoms with Gasteiger partial charge in [-0.3, -0.25) is 9.88 Å². The Labute approximate surface area is 84.3 Å². The van der Waals surface area contributed by atoms with E-state index in [0.29, 0.717) is 0 Å². The molecule has 0 radical (unpaired) electrons. The van der Waals surface area contributed by atoms with Crippen LogP contribution in [-0.2, 0) is 0 Å². The van der Waals surface area contributed by atoms with Crippen LogP contribution in [0, 0.1) is 0 Å². The normalized spacial score (nSPS) is 30.7. The molecule has 2 unspecified atom stereocenters. The molecule has 3 nitrogen and oxygen atoms in total. The average Bonchev–Trinajstić information content (AvgIpc) is 2.62. The predicted molar refractivity (Wildman–Crippen MR) is 56.4 cm³/mol. The number of rotatable bonds is 1. The number of aromatic nitrogens is 1. The van der Waals surface area contributed by atoms with Gasteiger partial charge in [0.15, 0.2) is 0 Å². The number of pyridine rings is 1. The Morgan fingerprint density at radius 3 is 2.86 bits per heavy atom. The summed E-state index contributed by atoms with van der Waals surface area (Å²) >= 11 is 0. The van der Waals surface area contributed by atoms with E-state index < -0.39 is 0 Å². The zero-order valence-corrected chi connectivity index (χ0v) is 8.26. The summed E-state index contributed by atoms with van der Waals surface area (Å²) in [7, 11) is 0. The van der Waals surface area contributed by atoms with Crippen LogP contribution >= 0.6 is 0 Å². The van der Waals surface area contributed by atoms with Gasteiger partial charge in [0.1, 0.15) is 0 Å². The third kappa shape index (κ3) is 1.28. The van der Waals surface area contributed by atoms with Crippen LogP contribution in [0.5, 0.6) is 0 Å². The second-order valence-electron chi connectivity index (χ2n) is 4.14. The molecule has 0 amide bonds. The maximum Gasteiger partial charge on any atom is 0.0429 e. The third-order valence-corrected chi connectivity index (χ3v) is 3.34. The van der Waals surface area contributed by atoms with Gasteiger partial charge in [0.05, 0.1) is 0 Å². The van der Waals surface area contributed by atoms with Crippen molar-refractivity contribution in [3.05, 3.63) is 24.5 Å². The van der Waals surface area contributed by atoms with Crippen LogP contribution in [-0.4, -0.2) is 42.1 Å². The van der Waals surface area contributed by atoms with E-state index in [9.17, 15) is 0 Å². The van der Waals surface area contributed by atoms with Crippen molar-refractivity contribution >= 4 is 5.69 Å². The number of nitrogens with zero attached hydrogens (tertiary/aromatic N) is 3. The Balaban J connectivity index is 1.85. The van der Waals surface area contributed by atoms with E-state index in [-0.39, 0.29) is 0 Å². The van der Waals surface area contributed by atoms with E-state index >= 15 is 0 Å². The largest absolute Gasteiger partial charge is 0.366 e. The summed E-state index contributed by atoms with van der Waals surface area (Å²) < 4.78 is 0. The summed E-state index contributed by atoms with van der Waals surface area (Å²) in [6.45, 7) is 4.93. The molecular formula is C11H15N3. The van der Waals surface area contributed by atoms with E-state index in [4.69, 9.17) is 0 Å². The van der Waals surface area contributed by atoms with Gasteiger partial charge in [0.2, 0.25) is 0 Å². The Bertz CT molecular complexity index is 312. The van der Waals surface area contributed by atoms with Gasteiger partial charge in [0, 0.05) is 50.3 Å². The molecule has 14 heavy (non-hydrogen) atoms. The summed E-state index contributed by atoms with van der Waals surface area (Å²) in [4.78, 5) is 9.16. The Morgan fingerprint density at radius 2 is 2.00 bits per heavy atom. The first kappa shape index (κ1) is 8.24. The van der Waals surface area contributed by atoms with Crippen LogP contribution in [0.1, 0.15) is 6.42 Å². The molecule has 2 aliphatic rings. The summed E-state index contributed by atoms with van der Waals surface area (Å²) in [5, 5.41) is 0. The van der Waals surface area contributed by atoms with Gasteiger partial charge in [0.25, 0.3) is 0 Å². The Morgan fingerprint density at radius 1 is 1.14 bits per heavy atom. The molecule has 2 aliphatic heterocycles. The molecule has 3 heterocycles. The van der Waals surface area contributed by atoms with E-state index in [1.165, 1.54) is 38.3 Å². The first-order valence-electron chi connectivity index (χ1n) is 5.32. The molecule has 0 aliphatic carbocycles. The fourth-order valence-corrected chi connectivity index (χ4v) is 2.58. The molecule has 2 fully saturated rings. The first-order chi connectivity index (χ1) is 6.93. The van der Waals surface area contributed by atoms with E-state index in [1.807, 2.05) is 12.4 Å². The maximum atomic E-state index is 4.06. The molecule has 1 aromatic heterocycles. The van der Waals surface area contributed by atoms with Crippen molar-refractivity contribution in [2.45, 2.75) is 12.5 Å². The molecule has 74 valence electrons. The summed E-state index contributed by atoms with van der Waals surface area (Å²) in [6.07, 6.45) is 5.09. The van der Waals surface area contributed by atoms with Crippen molar-refractivity contribution in [3.63, 3.8) is 0 Å². The molecule has 1 aromatic rings. The quantitative estimate of drug-likeness (QED) is 0.656. The zero-order chi connectivity index (χ0) is 9.38. The molecule has 3 heteroatoms. The Hall–Kier alpha value is -1.09. The lowest BCUT2D eigenvalue weighted by molar-refractivity contribution is 0.311. The zero-order valence-electron chi connectivity index (χ0n) is 8.26. The fraction of sp³-hybridized carbons (Fsp3) is 0.545. The van der Waals surface area contributed by atoms with Crippen molar-refractivity contribution in [3.8, 4) is 0 Å². The topological polar surface area (TPSA) is 19.4 Å². The number of hydrogen-bond donors (Lipinski definition) is 0. The molecule has 0 saturated carbocycles. The van der Waals surface area contributed by atoms with Crippen molar-refractivity contribution < 1.29 is 0 Å². The van der Waals surface area contributed by atoms with Crippen molar-refractivity contribution in [1.82, 2.24) is 9.88 Å². The summed E-state index contributed by atoms with van der Waals surface area (Å²) in [6, 6.07) is 4.98. The lowest BCUT2D eigenvalue weighted by Gasteiger charge is -2.36. The third-order valence-electron chi connectivity index (χ3n) is 3.34. The SMILES string of the molecule is c1cc(N2CCN3CCC2C3)ccn1. The van der Waals surface area contributed by atoms with Crippen molar-refractivity contribution in [1.29, 1.82) is 0 Å². The maximum absolute atomic E-state index is 4.06. The molecule has 0 spiro atoms. The number of anilines is 1. The highest BCUT2D eigenvalue weighted by Crippen LogP contribution is 2.25. The molecule has 2 bridgehead atoms. The highest BCUT2D eigenvalue weighted by Gasteiger charge is 2.32. The molecular weight excluding hydrogens is 174 g/mol. The minimum Gasteiger partial charge on any atom is -0.366 e. The van der Waals surface area contributed by atoms with E-state index in [2.05, 4.69) is 26.9 Å². The molecule has 2 atom stereocenters. The van der Waals surface area contributed by atoms with Crippen LogP contribution in [0.2, 0.25) is 0 Å². The summed E-state index contributed by atoms with van der Waals surface area (Å²) in [5.41, 5.74) is 1.34. The smallest absolute Gasteiger partial charge is 0.0429 e. The highest BCUT2D eigenvalue weighted by molar-refractivity contribution is 5.46. The van der Waals surface area contributed by atoms with Crippen LogP contribution in [0.4, 0.5) is 5.69 Å². The van der Waals surface area contributed by atoms with Crippen LogP contribution in [0.15, 0.2) is 24.5 Å². The predicted octanol–water partition coefficient (Wildman–Crippen LogP) is 0.976. The number of hydrogen-bond acceptors (Lipinski definition) is 3. The molecule has 0 aromatic carbocycles. The number of piperazine rings is 1. The molecule has 2 saturated heterocycles. The van der Waals surface area contributed by atoms with E-state index in [1.54, 1.807) is 0 Å². The second kappa shape index (κ2) is 3.24. The van der Waals surface area contributed by atoms with Gasteiger partial charge in [-0.15, -0.1) is 0 Å².